The Morgan fingerprint density at radius 1 is 1.30 bits per heavy atom. The van der Waals surface area contributed by atoms with Gasteiger partial charge in [0.1, 0.15) is 17.6 Å². The van der Waals surface area contributed by atoms with Crippen LogP contribution in [0.5, 0.6) is 0 Å². The quantitative estimate of drug-likeness (QED) is 0.774. The Labute approximate surface area is 113 Å². The van der Waals surface area contributed by atoms with Crippen molar-refractivity contribution in [1.29, 1.82) is 5.26 Å². The van der Waals surface area contributed by atoms with Crippen LogP contribution in [-0.4, -0.2) is 15.1 Å². The van der Waals surface area contributed by atoms with Gasteiger partial charge in [-0.05, 0) is 36.8 Å². The van der Waals surface area contributed by atoms with E-state index < -0.39 is 0 Å². The summed E-state index contributed by atoms with van der Waals surface area (Å²) in [5, 5.41) is 12.6. The van der Waals surface area contributed by atoms with Gasteiger partial charge in [0.05, 0.1) is 5.56 Å². The van der Waals surface area contributed by atoms with E-state index >= 15 is 0 Å². The number of benzene rings is 1. The lowest BCUT2D eigenvalue weighted by Gasteiger charge is -1.97. The topological polar surface area (TPSA) is 78.5 Å². The monoisotopic (exact) mass is 268 g/mol. The minimum Gasteiger partial charge on any atom is -0.356 e. The summed E-state index contributed by atoms with van der Waals surface area (Å²) in [6.45, 7) is 1.79. The fourth-order valence-corrected chi connectivity index (χ4v) is 1.90. The lowest BCUT2D eigenvalue weighted by molar-refractivity contribution is 0.431. The van der Waals surface area contributed by atoms with Gasteiger partial charge in [-0.15, -0.1) is 0 Å². The predicted octanol–water partition coefficient (Wildman–Crippen LogP) is 3.05. The molecule has 0 bridgehead atoms. The van der Waals surface area contributed by atoms with Crippen LogP contribution in [0, 0.1) is 24.1 Å². The molecular formula is C14H9FN4O. The Morgan fingerprint density at radius 3 is 2.85 bits per heavy atom. The van der Waals surface area contributed by atoms with Gasteiger partial charge in [-0.1, -0.05) is 5.16 Å². The lowest BCUT2D eigenvalue weighted by atomic mass is 10.1. The van der Waals surface area contributed by atoms with Crippen molar-refractivity contribution < 1.29 is 8.91 Å². The van der Waals surface area contributed by atoms with E-state index in [1.807, 2.05) is 6.07 Å². The van der Waals surface area contributed by atoms with E-state index in [1.165, 1.54) is 12.1 Å². The van der Waals surface area contributed by atoms with Gasteiger partial charge in [-0.25, -0.2) is 4.39 Å². The summed E-state index contributed by atoms with van der Waals surface area (Å²) < 4.78 is 18.5. The van der Waals surface area contributed by atoms with Crippen LogP contribution in [0.1, 0.15) is 11.1 Å². The molecule has 0 saturated carbocycles. The van der Waals surface area contributed by atoms with Gasteiger partial charge in [0.15, 0.2) is 0 Å². The molecule has 0 fully saturated rings. The van der Waals surface area contributed by atoms with Crippen molar-refractivity contribution in [3.8, 4) is 29.0 Å². The Balaban J connectivity index is 1.99. The molecule has 0 spiro atoms. The molecule has 6 heteroatoms. The zero-order valence-corrected chi connectivity index (χ0v) is 10.5. The summed E-state index contributed by atoms with van der Waals surface area (Å²) in [7, 11) is 0. The molecule has 3 aromatic rings. The summed E-state index contributed by atoms with van der Waals surface area (Å²) in [5.41, 5.74) is 2.34. The molecule has 0 radical (unpaired) electrons. The maximum absolute atomic E-state index is 13.4. The van der Waals surface area contributed by atoms with Gasteiger partial charge < -0.3 is 9.51 Å². The van der Waals surface area contributed by atoms with Crippen LogP contribution in [0.25, 0.3) is 23.0 Å². The lowest BCUT2D eigenvalue weighted by Crippen LogP contribution is -1.85. The maximum atomic E-state index is 13.4. The van der Waals surface area contributed by atoms with Crippen LogP contribution in [0.15, 0.2) is 35.0 Å². The van der Waals surface area contributed by atoms with Crippen molar-refractivity contribution in [3.05, 3.63) is 47.4 Å². The molecule has 98 valence electrons. The van der Waals surface area contributed by atoms with Crippen molar-refractivity contribution in [2.45, 2.75) is 6.92 Å². The number of hydrogen-bond donors (Lipinski definition) is 1. The van der Waals surface area contributed by atoms with E-state index in [1.54, 1.807) is 25.3 Å². The van der Waals surface area contributed by atoms with Crippen molar-refractivity contribution in [2.75, 3.05) is 0 Å². The normalized spacial score (nSPS) is 10.4. The second kappa shape index (κ2) is 4.63. The smallest absolute Gasteiger partial charge is 0.274 e. The van der Waals surface area contributed by atoms with Crippen LogP contribution in [0.3, 0.4) is 0 Å². The van der Waals surface area contributed by atoms with Gasteiger partial charge in [0.25, 0.3) is 5.89 Å². The highest BCUT2D eigenvalue weighted by Gasteiger charge is 2.13. The van der Waals surface area contributed by atoms with Gasteiger partial charge in [0.2, 0.25) is 5.82 Å². The van der Waals surface area contributed by atoms with Crippen LogP contribution in [0.4, 0.5) is 4.39 Å². The number of aromatic amines is 1. The number of nitrogens with zero attached hydrogens (tertiary/aromatic N) is 3. The number of nitriles is 1. The summed E-state index contributed by atoms with van der Waals surface area (Å²) in [6, 6.07) is 8.15. The van der Waals surface area contributed by atoms with Crippen molar-refractivity contribution in [3.63, 3.8) is 0 Å². The van der Waals surface area contributed by atoms with Crippen LogP contribution >= 0.6 is 0 Å². The molecule has 1 aromatic carbocycles. The first-order valence-electron chi connectivity index (χ1n) is 5.86. The Hall–Kier alpha value is -2.94. The number of H-pyrrole nitrogens is 1. The highest BCUT2D eigenvalue weighted by atomic mass is 19.1. The third-order valence-electron chi connectivity index (χ3n) is 2.77. The zero-order chi connectivity index (χ0) is 14.1. The molecule has 0 aliphatic rings. The van der Waals surface area contributed by atoms with Crippen molar-refractivity contribution in [2.24, 2.45) is 0 Å². The molecule has 3 rings (SSSR count). The zero-order valence-electron chi connectivity index (χ0n) is 10.5. The van der Waals surface area contributed by atoms with Gasteiger partial charge >= 0.3 is 0 Å². The highest BCUT2D eigenvalue weighted by molar-refractivity contribution is 5.59. The summed E-state index contributed by atoms with van der Waals surface area (Å²) >= 11 is 0. The van der Waals surface area contributed by atoms with E-state index in [4.69, 9.17) is 9.78 Å². The summed E-state index contributed by atoms with van der Waals surface area (Å²) in [6.07, 6.45) is 1.55. The van der Waals surface area contributed by atoms with E-state index in [0.29, 0.717) is 22.6 Å². The molecular weight excluding hydrogens is 259 g/mol. The van der Waals surface area contributed by atoms with E-state index in [9.17, 15) is 4.39 Å². The fourth-order valence-electron chi connectivity index (χ4n) is 1.90. The molecule has 0 saturated heterocycles. The molecule has 0 aliphatic heterocycles. The fraction of sp³-hybridized carbons (Fsp3) is 0.0714. The van der Waals surface area contributed by atoms with Crippen molar-refractivity contribution >= 4 is 0 Å². The average Bonchev–Trinajstić information content (AvgIpc) is 3.06. The van der Waals surface area contributed by atoms with Gasteiger partial charge in [0, 0.05) is 11.8 Å². The summed E-state index contributed by atoms with van der Waals surface area (Å²) in [5.74, 6) is 0.206. The minimum absolute atomic E-state index is 0.253. The number of nitrogens with one attached hydrogen (secondary N) is 1. The first-order chi connectivity index (χ1) is 9.65. The van der Waals surface area contributed by atoms with E-state index in [-0.39, 0.29) is 11.7 Å². The molecule has 0 amide bonds. The molecule has 2 aromatic heterocycles. The Bertz CT molecular complexity index is 792. The molecule has 1 N–H and O–H groups in total. The first kappa shape index (κ1) is 12.1. The third-order valence-corrected chi connectivity index (χ3v) is 2.77. The van der Waals surface area contributed by atoms with Crippen LogP contribution in [0.2, 0.25) is 0 Å². The van der Waals surface area contributed by atoms with E-state index in [2.05, 4.69) is 15.1 Å². The minimum atomic E-state index is -0.349. The molecule has 0 aliphatic carbocycles. The second-order valence-corrected chi connectivity index (χ2v) is 4.35. The maximum Gasteiger partial charge on any atom is 0.274 e. The Kier molecular flexibility index (Phi) is 2.80. The third kappa shape index (κ3) is 2.17. The molecule has 20 heavy (non-hydrogen) atoms. The number of hydrogen-bond acceptors (Lipinski definition) is 4. The molecule has 0 unspecified atom stereocenters. The highest BCUT2D eigenvalue weighted by Crippen LogP contribution is 2.23. The first-order valence-corrected chi connectivity index (χ1v) is 5.86. The van der Waals surface area contributed by atoms with Crippen LogP contribution in [-0.2, 0) is 0 Å². The predicted molar refractivity (Wildman–Crippen MR) is 68.9 cm³/mol. The number of halogens is 1. The van der Waals surface area contributed by atoms with Gasteiger partial charge in [-0.2, -0.15) is 10.2 Å². The second-order valence-electron chi connectivity index (χ2n) is 4.35. The largest absolute Gasteiger partial charge is 0.356 e. The molecule has 0 atom stereocenters. The van der Waals surface area contributed by atoms with Gasteiger partial charge in [-0.3, -0.25) is 0 Å². The number of aromatic nitrogens is 3. The molecule has 5 nitrogen and oxygen atoms in total. The standard InChI is InChI=1S/C14H9FN4O/c1-8-2-10(5-11(15)3-8)13-18-14(20-19-13)12-4-9(6-16)7-17-12/h2-5,7,17H,1H3. The Morgan fingerprint density at radius 2 is 2.15 bits per heavy atom. The van der Waals surface area contributed by atoms with Crippen LogP contribution < -0.4 is 0 Å². The summed E-state index contributed by atoms with van der Waals surface area (Å²) in [4.78, 5) is 7.06. The average molecular weight is 268 g/mol. The number of rotatable bonds is 2. The van der Waals surface area contributed by atoms with E-state index in [0.717, 1.165) is 5.56 Å². The number of aryl methyl sites for hydroxylation is 1. The van der Waals surface area contributed by atoms with Crippen molar-refractivity contribution in [1.82, 2.24) is 15.1 Å². The SMILES string of the molecule is Cc1cc(F)cc(-c2noc(-c3cc(C#N)c[nH]3)n2)c1. The molecule has 2 heterocycles.